The van der Waals surface area contributed by atoms with Crippen LogP contribution in [0.4, 0.5) is 5.69 Å². The van der Waals surface area contributed by atoms with Crippen LogP contribution < -0.4 is 5.19 Å². The number of benzene rings is 2. The fourth-order valence-corrected chi connectivity index (χ4v) is 3.10. The third kappa shape index (κ3) is 3.09. The summed E-state index contributed by atoms with van der Waals surface area (Å²) in [5.41, 5.74) is 2.23. The topological polar surface area (TPSA) is 43.1 Å². The third-order valence-corrected chi connectivity index (χ3v) is 5.23. The Balaban J connectivity index is 2.30. The predicted molar refractivity (Wildman–Crippen MR) is 81.5 cm³/mol. The van der Waals surface area contributed by atoms with E-state index >= 15 is 0 Å². The predicted octanol–water partition coefficient (Wildman–Crippen LogP) is 3.81. The molecule has 4 heteroatoms. The molecule has 0 fully saturated rings. The summed E-state index contributed by atoms with van der Waals surface area (Å²) in [5.74, 6) is 0. The summed E-state index contributed by atoms with van der Waals surface area (Å²) in [6.45, 7) is 6.94. The molecule has 2 aromatic rings. The van der Waals surface area contributed by atoms with Crippen molar-refractivity contribution in [1.29, 1.82) is 0 Å². The molecule has 0 aliphatic heterocycles. The van der Waals surface area contributed by atoms with Gasteiger partial charge in [0.15, 0.2) is 0 Å². The van der Waals surface area contributed by atoms with E-state index < -0.39 is 8.07 Å². The number of nitrogens with zero attached hydrogens (tertiary/aromatic N) is 1. The highest BCUT2D eigenvalue weighted by molar-refractivity contribution is 6.88. The molecule has 0 saturated carbocycles. The van der Waals surface area contributed by atoms with Gasteiger partial charge in [0.25, 0.3) is 5.69 Å². The zero-order valence-corrected chi connectivity index (χ0v) is 12.4. The van der Waals surface area contributed by atoms with Crippen molar-refractivity contribution in [3.8, 4) is 11.1 Å². The summed E-state index contributed by atoms with van der Waals surface area (Å²) in [7, 11) is -1.27. The molecule has 0 bridgehead atoms. The van der Waals surface area contributed by atoms with Crippen molar-refractivity contribution in [2.75, 3.05) is 0 Å². The molecule has 0 spiro atoms. The van der Waals surface area contributed by atoms with Gasteiger partial charge in [0, 0.05) is 12.1 Å². The maximum absolute atomic E-state index is 10.6. The van der Waals surface area contributed by atoms with Crippen LogP contribution >= 0.6 is 0 Å². The van der Waals surface area contributed by atoms with Crippen molar-refractivity contribution >= 4 is 18.9 Å². The van der Waals surface area contributed by atoms with Crippen LogP contribution in [0.3, 0.4) is 0 Å². The molecule has 0 radical (unpaired) electrons. The molecule has 98 valence electrons. The van der Waals surface area contributed by atoms with Gasteiger partial charge in [-0.25, -0.2) is 0 Å². The Morgan fingerprint density at radius 2 is 1.26 bits per heavy atom. The van der Waals surface area contributed by atoms with Gasteiger partial charge >= 0.3 is 0 Å². The van der Waals surface area contributed by atoms with Crippen molar-refractivity contribution < 1.29 is 4.92 Å². The number of hydrogen-bond acceptors (Lipinski definition) is 2. The van der Waals surface area contributed by atoms with Crippen LogP contribution in [-0.2, 0) is 0 Å². The Labute approximate surface area is 114 Å². The second kappa shape index (κ2) is 4.97. The number of non-ortho nitro benzene ring substituents is 1. The molecule has 0 aliphatic carbocycles. The first-order valence-corrected chi connectivity index (χ1v) is 9.73. The Kier molecular flexibility index (Phi) is 3.53. The Morgan fingerprint density at radius 3 is 1.63 bits per heavy atom. The Bertz CT molecular complexity index is 583. The van der Waals surface area contributed by atoms with Crippen LogP contribution in [0, 0.1) is 10.1 Å². The monoisotopic (exact) mass is 271 g/mol. The first kappa shape index (κ1) is 13.5. The van der Waals surface area contributed by atoms with Crippen LogP contribution in [0.2, 0.25) is 19.6 Å². The van der Waals surface area contributed by atoms with E-state index in [0.29, 0.717) is 0 Å². The highest BCUT2D eigenvalue weighted by Crippen LogP contribution is 2.22. The standard InChI is InChI=1S/C15H17NO2Si/c1-19(2,3)15-10-6-13(7-11-15)12-4-8-14(9-5-12)16(17)18/h4-11H,1-3H3. The quantitative estimate of drug-likeness (QED) is 0.484. The summed E-state index contributed by atoms with van der Waals surface area (Å²) in [4.78, 5) is 10.2. The normalized spacial score (nSPS) is 11.3. The zero-order chi connectivity index (χ0) is 14.0. The van der Waals surface area contributed by atoms with Gasteiger partial charge in [0.1, 0.15) is 0 Å². The summed E-state index contributed by atoms with van der Waals surface area (Å²) >= 11 is 0. The van der Waals surface area contributed by atoms with Crippen molar-refractivity contribution in [2.45, 2.75) is 19.6 Å². The molecule has 19 heavy (non-hydrogen) atoms. The lowest BCUT2D eigenvalue weighted by atomic mass is 10.1. The fraction of sp³-hybridized carbons (Fsp3) is 0.200. The Hall–Kier alpha value is -1.94. The summed E-state index contributed by atoms with van der Waals surface area (Å²) in [6, 6.07) is 15.2. The fourth-order valence-electron chi connectivity index (χ4n) is 1.94. The van der Waals surface area contributed by atoms with Gasteiger partial charge < -0.3 is 0 Å². The van der Waals surface area contributed by atoms with E-state index in [1.54, 1.807) is 24.3 Å². The van der Waals surface area contributed by atoms with Crippen LogP contribution in [-0.4, -0.2) is 13.0 Å². The molecule has 0 saturated heterocycles. The van der Waals surface area contributed by atoms with Gasteiger partial charge in [-0.2, -0.15) is 0 Å². The van der Waals surface area contributed by atoms with Gasteiger partial charge in [0.05, 0.1) is 13.0 Å². The zero-order valence-electron chi connectivity index (χ0n) is 11.4. The molecule has 0 N–H and O–H groups in total. The number of nitro groups is 1. The van der Waals surface area contributed by atoms with Crippen LogP contribution in [0.15, 0.2) is 48.5 Å². The molecule has 3 nitrogen and oxygen atoms in total. The molecular formula is C15H17NO2Si. The van der Waals surface area contributed by atoms with E-state index in [0.717, 1.165) is 11.1 Å². The van der Waals surface area contributed by atoms with Crippen molar-refractivity contribution in [1.82, 2.24) is 0 Å². The van der Waals surface area contributed by atoms with E-state index in [1.807, 2.05) is 0 Å². The molecule has 0 unspecified atom stereocenters. The molecule has 0 atom stereocenters. The molecule has 0 heterocycles. The lowest BCUT2D eigenvalue weighted by molar-refractivity contribution is -0.384. The van der Waals surface area contributed by atoms with Crippen LogP contribution in [0.1, 0.15) is 0 Å². The smallest absolute Gasteiger partial charge is 0.258 e. The molecule has 0 aliphatic rings. The minimum atomic E-state index is -1.27. The molecular weight excluding hydrogens is 254 g/mol. The molecule has 2 rings (SSSR count). The number of nitro benzene ring substituents is 1. The average molecular weight is 271 g/mol. The van der Waals surface area contributed by atoms with Gasteiger partial charge in [0.2, 0.25) is 0 Å². The van der Waals surface area contributed by atoms with Gasteiger partial charge in [-0.15, -0.1) is 0 Å². The lowest BCUT2D eigenvalue weighted by Crippen LogP contribution is -2.37. The maximum atomic E-state index is 10.6. The SMILES string of the molecule is C[Si](C)(C)c1ccc(-c2ccc([N+](=O)[O-])cc2)cc1. The van der Waals surface area contributed by atoms with E-state index in [4.69, 9.17) is 0 Å². The van der Waals surface area contributed by atoms with Gasteiger partial charge in [-0.3, -0.25) is 10.1 Å². The second-order valence-electron chi connectivity index (χ2n) is 5.63. The van der Waals surface area contributed by atoms with Crippen molar-refractivity contribution in [3.63, 3.8) is 0 Å². The third-order valence-electron chi connectivity index (χ3n) is 3.16. The summed E-state index contributed by atoms with van der Waals surface area (Å²) in [6.07, 6.45) is 0. The lowest BCUT2D eigenvalue weighted by Gasteiger charge is -2.16. The molecule has 0 amide bonds. The van der Waals surface area contributed by atoms with E-state index in [1.165, 1.54) is 5.19 Å². The highest BCUT2D eigenvalue weighted by atomic mass is 28.3. The largest absolute Gasteiger partial charge is 0.269 e. The minimum Gasteiger partial charge on any atom is -0.258 e. The maximum Gasteiger partial charge on any atom is 0.269 e. The first-order valence-electron chi connectivity index (χ1n) is 6.23. The van der Waals surface area contributed by atoms with Crippen LogP contribution in [0.25, 0.3) is 11.1 Å². The highest BCUT2D eigenvalue weighted by Gasteiger charge is 2.15. The van der Waals surface area contributed by atoms with Gasteiger partial charge in [-0.1, -0.05) is 49.1 Å². The van der Waals surface area contributed by atoms with E-state index in [-0.39, 0.29) is 10.6 Å². The average Bonchev–Trinajstić information content (AvgIpc) is 2.38. The summed E-state index contributed by atoms with van der Waals surface area (Å²) < 4.78 is 0. The minimum absolute atomic E-state index is 0.127. The number of hydrogen-bond donors (Lipinski definition) is 0. The van der Waals surface area contributed by atoms with Crippen molar-refractivity contribution in [2.24, 2.45) is 0 Å². The van der Waals surface area contributed by atoms with E-state index in [9.17, 15) is 10.1 Å². The Morgan fingerprint density at radius 1 is 0.842 bits per heavy atom. The van der Waals surface area contributed by atoms with Crippen molar-refractivity contribution in [3.05, 3.63) is 58.6 Å². The first-order chi connectivity index (χ1) is 8.88. The van der Waals surface area contributed by atoms with E-state index in [2.05, 4.69) is 43.9 Å². The van der Waals surface area contributed by atoms with Gasteiger partial charge in [-0.05, 0) is 23.3 Å². The second-order valence-corrected chi connectivity index (χ2v) is 10.7. The van der Waals surface area contributed by atoms with Crippen LogP contribution in [0.5, 0.6) is 0 Å². The molecule has 2 aromatic carbocycles. The molecule has 0 aromatic heterocycles. The number of rotatable bonds is 3. The summed E-state index contributed by atoms with van der Waals surface area (Å²) in [5, 5.41) is 12.0.